The summed E-state index contributed by atoms with van der Waals surface area (Å²) in [4.78, 5) is 16.3. The third kappa shape index (κ3) is 5.74. The van der Waals surface area contributed by atoms with Crippen LogP contribution < -0.4 is 5.32 Å². The number of carbonyl (C=O) groups is 1. The van der Waals surface area contributed by atoms with Gasteiger partial charge in [-0.2, -0.15) is 0 Å². The van der Waals surface area contributed by atoms with Crippen LogP contribution >= 0.6 is 11.3 Å². The van der Waals surface area contributed by atoms with E-state index in [1.165, 1.54) is 4.88 Å². The molecule has 2 N–H and O–H groups in total. The standard InChI is InChI=1S/C15H24N2O3S/c1-12-3-4-13(21-12)9-14(18)16-10-15(2,19)11-17-5-7-20-8-6-17/h3-4,19H,5-11H2,1-2H3,(H,16,18). The summed E-state index contributed by atoms with van der Waals surface area (Å²) in [6.07, 6.45) is 0.381. The van der Waals surface area contributed by atoms with Gasteiger partial charge in [0.05, 0.1) is 25.2 Å². The molecule has 2 heterocycles. The first-order chi connectivity index (χ1) is 9.94. The molecular formula is C15H24N2O3S. The van der Waals surface area contributed by atoms with Gasteiger partial charge >= 0.3 is 0 Å². The highest BCUT2D eigenvalue weighted by atomic mass is 32.1. The van der Waals surface area contributed by atoms with Crippen LogP contribution in [-0.2, 0) is 16.0 Å². The molecule has 5 nitrogen and oxygen atoms in total. The first-order valence-corrected chi connectivity index (χ1v) is 8.11. The highest BCUT2D eigenvalue weighted by Gasteiger charge is 2.25. The number of aryl methyl sites for hydroxylation is 1. The predicted molar refractivity (Wildman–Crippen MR) is 83.7 cm³/mol. The van der Waals surface area contributed by atoms with E-state index in [-0.39, 0.29) is 12.5 Å². The molecule has 0 spiro atoms. The molecule has 1 atom stereocenters. The van der Waals surface area contributed by atoms with Gasteiger partial charge in [-0.25, -0.2) is 0 Å². The van der Waals surface area contributed by atoms with Crippen LogP contribution in [0.3, 0.4) is 0 Å². The zero-order valence-electron chi connectivity index (χ0n) is 12.7. The largest absolute Gasteiger partial charge is 0.387 e. The fourth-order valence-corrected chi connectivity index (χ4v) is 3.28. The number of aliphatic hydroxyl groups is 1. The molecule has 0 aromatic carbocycles. The molecule has 6 heteroatoms. The maximum Gasteiger partial charge on any atom is 0.225 e. The molecule has 1 unspecified atom stereocenters. The van der Waals surface area contributed by atoms with Gasteiger partial charge in [-0.1, -0.05) is 0 Å². The number of hydrogen-bond donors (Lipinski definition) is 2. The molecule has 0 radical (unpaired) electrons. The second-order valence-electron chi connectivity index (χ2n) is 5.85. The number of thiophene rings is 1. The van der Waals surface area contributed by atoms with Crippen LogP contribution in [0.5, 0.6) is 0 Å². The van der Waals surface area contributed by atoms with Gasteiger partial charge in [-0.05, 0) is 26.0 Å². The lowest BCUT2D eigenvalue weighted by Crippen LogP contribution is -2.51. The Morgan fingerprint density at radius 1 is 1.48 bits per heavy atom. The number of rotatable bonds is 6. The number of nitrogens with one attached hydrogen (secondary N) is 1. The Kier molecular flexibility index (Phi) is 5.75. The Morgan fingerprint density at radius 3 is 2.81 bits per heavy atom. The Morgan fingerprint density at radius 2 is 2.19 bits per heavy atom. The summed E-state index contributed by atoms with van der Waals surface area (Å²) in [5.41, 5.74) is -0.918. The van der Waals surface area contributed by atoms with E-state index >= 15 is 0 Å². The molecule has 0 aliphatic carbocycles. The van der Waals surface area contributed by atoms with Crippen molar-refractivity contribution in [3.05, 3.63) is 21.9 Å². The number of β-amino-alcohol motifs (C(OH)–C–C–N with tert-alkyl or cyclic N) is 1. The van der Waals surface area contributed by atoms with Crippen LogP contribution in [-0.4, -0.2) is 60.9 Å². The molecule has 1 aliphatic heterocycles. The van der Waals surface area contributed by atoms with E-state index in [1.807, 2.05) is 19.1 Å². The fourth-order valence-electron chi connectivity index (χ4n) is 2.39. The molecule has 118 valence electrons. The van der Waals surface area contributed by atoms with Gasteiger partial charge in [0.25, 0.3) is 0 Å². The van der Waals surface area contributed by atoms with Crippen LogP contribution in [0.4, 0.5) is 0 Å². The molecule has 1 aromatic heterocycles. The molecule has 0 bridgehead atoms. The van der Waals surface area contributed by atoms with Crippen molar-refractivity contribution >= 4 is 17.2 Å². The number of morpholine rings is 1. The average Bonchev–Trinajstić information content (AvgIpc) is 2.83. The summed E-state index contributed by atoms with van der Waals surface area (Å²) < 4.78 is 5.29. The van der Waals surface area contributed by atoms with Crippen LogP contribution in [0.15, 0.2) is 12.1 Å². The molecule has 1 aliphatic rings. The molecule has 1 amide bonds. The third-order valence-corrected chi connectivity index (χ3v) is 4.47. The van der Waals surface area contributed by atoms with Crippen molar-refractivity contribution in [2.24, 2.45) is 0 Å². The number of amides is 1. The van der Waals surface area contributed by atoms with Crippen molar-refractivity contribution in [1.29, 1.82) is 0 Å². The summed E-state index contributed by atoms with van der Waals surface area (Å²) in [7, 11) is 0. The van der Waals surface area contributed by atoms with Crippen molar-refractivity contribution < 1.29 is 14.6 Å². The van der Waals surface area contributed by atoms with Crippen molar-refractivity contribution in [1.82, 2.24) is 10.2 Å². The monoisotopic (exact) mass is 312 g/mol. The second kappa shape index (κ2) is 7.35. The van der Waals surface area contributed by atoms with Crippen molar-refractivity contribution in [2.45, 2.75) is 25.9 Å². The summed E-state index contributed by atoms with van der Waals surface area (Å²) in [5, 5.41) is 13.2. The Balaban J connectivity index is 1.73. The molecule has 2 rings (SSSR count). The lowest BCUT2D eigenvalue weighted by molar-refractivity contribution is -0.121. The molecule has 1 saturated heterocycles. The summed E-state index contributed by atoms with van der Waals surface area (Å²) in [6, 6.07) is 3.99. The molecule has 0 saturated carbocycles. The molecule has 1 aromatic rings. The van der Waals surface area contributed by atoms with Gasteiger partial charge < -0.3 is 15.2 Å². The smallest absolute Gasteiger partial charge is 0.225 e. The normalized spacial score (nSPS) is 19.2. The fraction of sp³-hybridized carbons (Fsp3) is 0.667. The quantitative estimate of drug-likeness (QED) is 0.816. The highest BCUT2D eigenvalue weighted by Crippen LogP contribution is 2.15. The Hall–Kier alpha value is -0.950. The lowest BCUT2D eigenvalue weighted by atomic mass is 10.1. The zero-order chi connectivity index (χ0) is 15.3. The predicted octanol–water partition coefficient (Wildman–Crippen LogP) is 0.798. The summed E-state index contributed by atoms with van der Waals surface area (Å²) in [5.74, 6) is -0.0425. The highest BCUT2D eigenvalue weighted by molar-refractivity contribution is 7.12. The number of hydrogen-bond acceptors (Lipinski definition) is 5. The van der Waals surface area contributed by atoms with Crippen LogP contribution in [0, 0.1) is 6.92 Å². The van der Waals surface area contributed by atoms with E-state index in [4.69, 9.17) is 4.74 Å². The number of ether oxygens (including phenoxy) is 1. The van der Waals surface area contributed by atoms with Gasteiger partial charge in [-0.15, -0.1) is 11.3 Å². The molecule has 1 fully saturated rings. The topological polar surface area (TPSA) is 61.8 Å². The zero-order valence-corrected chi connectivity index (χ0v) is 13.5. The van der Waals surface area contributed by atoms with Gasteiger partial charge in [0.2, 0.25) is 5.91 Å². The maximum atomic E-state index is 11.9. The van der Waals surface area contributed by atoms with Crippen molar-refractivity contribution in [3.63, 3.8) is 0 Å². The number of nitrogens with zero attached hydrogens (tertiary/aromatic N) is 1. The minimum Gasteiger partial charge on any atom is -0.387 e. The van der Waals surface area contributed by atoms with Crippen LogP contribution in [0.2, 0.25) is 0 Å². The average molecular weight is 312 g/mol. The first kappa shape index (κ1) is 16.4. The lowest BCUT2D eigenvalue weighted by Gasteiger charge is -2.33. The Labute approximate surface area is 129 Å². The number of carbonyl (C=O) groups excluding carboxylic acids is 1. The van der Waals surface area contributed by atoms with Crippen molar-refractivity contribution in [2.75, 3.05) is 39.4 Å². The summed E-state index contributed by atoms with van der Waals surface area (Å²) >= 11 is 1.63. The van der Waals surface area contributed by atoms with Gasteiger partial charge in [-0.3, -0.25) is 9.69 Å². The van der Waals surface area contributed by atoms with E-state index in [0.717, 1.165) is 18.0 Å². The van der Waals surface area contributed by atoms with Gasteiger partial charge in [0.15, 0.2) is 0 Å². The van der Waals surface area contributed by atoms with E-state index in [9.17, 15) is 9.90 Å². The van der Waals surface area contributed by atoms with E-state index < -0.39 is 5.60 Å². The van der Waals surface area contributed by atoms with Crippen LogP contribution in [0.25, 0.3) is 0 Å². The maximum absolute atomic E-state index is 11.9. The van der Waals surface area contributed by atoms with Gasteiger partial charge in [0, 0.05) is 35.9 Å². The molecule has 21 heavy (non-hydrogen) atoms. The Bertz CT molecular complexity index is 467. The van der Waals surface area contributed by atoms with Crippen LogP contribution in [0.1, 0.15) is 16.7 Å². The van der Waals surface area contributed by atoms with E-state index in [0.29, 0.717) is 26.2 Å². The van der Waals surface area contributed by atoms with E-state index in [2.05, 4.69) is 10.2 Å². The minimum atomic E-state index is -0.918. The molecular weight excluding hydrogens is 288 g/mol. The van der Waals surface area contributed by atoms with Crippen molar-refractivity contribution in [3.8, 4) is 0 Å². The SMILES string of the molecule is Cc1ccc(CC(=O)NCC(C)(O)CN2CCOCC2)s1. The van der Waals surface area contributed by atoms with E-state index in [1.54, 1.807) is 18.3 Å². The first-order valence-electron chi connectivity index (χ1n) is 7.29. The second-order valence-corrected chi connectivity index (χ2v) is 7.22. The third-order valence-electron chi connectivity index (χ3n) is 3.47. The minimum absolute atomic E-state index is 0.0425. The van der Waals surface area contributed by atoms with Gasteiger partial charge in [0.1, 0.15) is 0 Å². The summed E-state index contributed by atoms with van der Waals surface area (Å²) in [6.45, 7) is 7.69.